The summed E-state index contributed by atoms with van der Waals surface area (Å²) < 4.78 is 27.4. The lowest BCUT2D eigenvalue weighted by Gasteiger charge is -2.34. The summed E-state index contributed by atoms with van der Waals surface area (Å²) in [5.41, 5.74) is 0. The molecule has 0 aliphatic carbocycles. The molecular formula is C10H24ClN3O2S. The fourth-order valence-electron chi connectivity index (χ4n) is 2.01. The molecule has 1 N–H and O–H groups in total. The van der Waals surface area contributed by atoms with Gasteiger partial charge < -0.3 is 5.32 Å². The summed E-state index contributed by atoms with van der Waals surface area (Å²) in [5, 5.41) is 3.15. The zero-order chi connectivity index (χ0) is 12.2. The van der Waals surface area contributed by atoms with Crippen molar-refractivity contribution in [3.05, 3.63) is 0 Å². The van der Waals surface area contributed by atoms with Crippen LogP contribution in [-0.2, 0) is 10.2 Å². The third kappa shape index (κ3) is 4.37. The maximum absolute atomic E-state index is 12.2. The van der Waals surface area contributed by atoms with Gasteiger partial charge in [-0.15, -0.1) is 12.4 Å². The van der Waals surface area contributed by atoms with Crippen LogP contribution in [0.4, 0.5) is 0 Å². The van der Waals surface area contributed by atoms with Gasteiger partial charge in [-0.3, -0.25) is 0 Å². The predicted molar refractivity (Wildman–Crippen MR) is 72.7 cm³/mol. The first-order valence-corrected chi connectivity index (χ1v) is 7.30. The van der Waals surface area contributed by atoms with Crippen LogP contribution in [0, 0.1) is 0 Å². The van der Waals surface area contributed by atoms with E-state index >= 15 is 0 Å². The minimum Gasteiger partial charge on any atom is -0.316 e. The van der Waals surface area contributed by atoms with Crippen LogP contribution in [0.5, 0.6) is 0 Å². The average Bonchev–Trinajstić information content (AvgIpc) is 2.29. The molecule has 1 rings (SSSR count). The molecule has 1 heterocycles. The van der Waals surface area contributed by atoms with Crippen molar-refractivity contribution in [2.45, 2.75) is 32.2 Å². The second-order valence-corrected chi connectivity index (χ2v) is 6.35. The molecule has 0 aromatic heterocycles. The maximum Gasteiger partial charge on any atom is 0.281 e. The van der Waals surface area contributed by atoms with Gasteiger partial charge in [-0.1, -0.05) is 6.92 Å². The quantitative estimate of drug-likeness (QED) is 0.808. The van der Waals surface area contributed by atoms with Crippen molar-refractivity contribution in [3.8, 4) is 0 Å². The van der Waals surface area contributed by atoms with Gasteiger partial charge in [0.05, 0.1) is 0 Å². The summed E-state index contributed by atoms with van der Waals surface area (Å²) in [6, 6.07) is 0.290. The molecule has 0 spiro atoms. The first kappa shape index (κ1) is 17.1. The summed E-state index contributed by atoms with van der Waals surface area (Å²) in [7, 11) is 0.300. The van der Waals surface area contributed by atoms with Crippen LogP contribution in [0.3, 0.4) is 0 Å². The molecule has 1 atom stereocenters. The highest BCUT2D eigenvalue weighted by Crippen LogP contribution is 2.16. The van der Waals surface area contributed by atoms with Crippen molar-refractivity contribution in [1.82, 2.24) is 13.9 Å². The van der Waals surface area contributed by atoms with E-state index < -0.39 is 10.2 Å². The van der Waals surface area contributed by atoms with Crippen molar-refractivity contribution in [2.75, 3.05) is 33.7 Å². The minimum atomic E-state index is -3.24. The Morgan fingerprint density at radius 2 is 2.12 bits per heavy atom. The lowest BCUT2D eigenvalue weighted by molar-refractivity contribution is 0.274. The fraction of sp³-hybridized carbons (Fsp3) is 1.00. The van der Waals surface area contributed by atoms with Crippen molar-refractivity contribution < 1.29 is 8.42 Å². The normalized spacial score (nSPS) is 22.5. The second-order valence-electron chi connectivity index (χ2n) is 4.32. The van der Waals surface area contributed by atoms with Gasteiger partial charge in [-0.05, 0) is 26.3 Å². The van der Waals surface area contributed by atoms with Gasteiger partial charge in [0.2, 0.25) is 0 Å². The number of piperidine rings is 1. The highest BCUT2D eigenvalue weighted by atomic mass is 35.5. The Morgan fingerprint density at radius 1 is 1.47 bits per heavy atom. The summed E-state index contributed by atoms with van der Waals surface area (Å²) in [4.78, 5) is 0. The van der Waals surface area contributed by atoms with Crippen molar-refractivity contribution in [1.29, 1.82) is 0 Å². The van der Waals surface area contributed by atoms with Crippen LogP contribution < -0.4 is 5.32 Å². The van der Waals surface area contributed by atoms with E-state index in [0.717, 1.165) is 19.3 Å². The van der Waals surface area contributed by atoms with Crippen LogP contribution in [0.25, 0.3) is 0 Å². The first-order valence-electron chi connectivity index (χ1n) is 5.91. The van der Waals surface area contributed by atoms with Gasteiger partial charge in [-0.25, -0.2) is 0 Å². The van der Waals surface area contributed by atoms with E-state index in [1.807, 2.05) is 14.0 Å². The molecule has 0 radical (unpaired) electrons. The minimum absolute atomic E-state index is 0. The second kappa shape index (κ2) is 7.53. The Hall–Kier alpha value is 0.120. The number of nitrogens with zero attached hydrogens (tertiary/aromatic N) is 2. The van der Waals surface area contributed by atoms with E-state index in [9.17, 15) is 8.42 Å². The first-order chi connectivity index (χ1) is 7.52. The van der Waals surface area contributed by atoms with Gasteiger partial charge in [0, 0.05) is 32.7 Å². The summed E-state index contributed by atoms with van der Waals surface area (Å²) >= 11 is 0. The third-order valence-corrected chi connectivity index (χ3v) is 5.01. The summed E-state index contributed by atoms with van der Waals surface area (Å²) in [6.07, 6.45) is 2.84. The van der Waals surface area contributed by atoms with E-state index in [1.54, 1.807) is 11.4 Å². The zero-order valence-electron chi connectivity index (χ0n) is 10.8. The van der Waals surface area contributed by atoms with Crippen LogP contribution in [-0.4, -0.2) is 56.8 Å². The Kier molecular flexibility index (Phi) is 7.58. The molecule has 1 saturated heterocycles. The number of hydrogen-bond acceptors (Lipinski definition) is 3. The summed E-state index contributed by atoms with van der Waals surface area (Å²) in [6.45, 7) is 3.81. The van der Waals surface area contributed by atoms with Crippen LogP contribution in [0.1, 0.15) is 26.2 Å². The van der Waals surface area contributed by atoms with Crippen molar-refractivity contribution >= 4 is 22.6 Å². The van der Waals surface area contributed by atoms with Gasteiger partial charge in [0.1, 0.15) is 0 Å². The lowest BCUT2D eigenvalue weighted by atomic mass is 10.1. The molecule has 0 aromatic rings. The molecule has 17 heavy (non-hydrogen) atoms. The molecule has 1 aliphatic heterocycles. The van der Waals surface area contributed by atoms with Crippen LogP contribution >= 0.6 is 12.4 Å². The fourth-order valence-corrected chi connectivity index (χ4v) is 3.55. The van der Waals surface area contributed by atoms with E-state index in [-0.39, 0.29) is 12.4 Å². The maximum atomic E-state index is 12.2. The number of hydrogen-bond donors (Lipinski definition) is 1. The summed E-state index contributed by atoms with van der Waals surface area (Å²) in [5.74, 6) is 0. The Morgan fingerprint density at radius 3 is 2.65 bits per heavy atom. The zero-order valence-corrected chi connectivity index (χ0v) is 12.5. The number of halogens is 1. The molecule has 7 heteroatoms. The molecule has 5 nitrogen and oxygen atoms in total. The molecule has 104 valence electrons. The Bertz CT molecular complexity index is 311. The van der Waals surface area contributed by atoms with Crippen molar-refractivity contribution in [3.63, 3.8) is 0 Å². The molecule has 1 aliphatic rings. The SMILES string of the molecule is CCCN(C)S(=O)(=O)N1CCCC(NC)C1.Cl. The largest absolute Gasteiger partial charge is 0.316 e. The van der Waals surface area contributed by atoms with E-state index in [2.05, 4.69) is 5.32 Å². The number of likely N-dealkylation sites (N-methyl/N-ethyl adjacent to an activating group) is 1. The van der Waals surface area contributed by atoms with E-state index in [0.29, 0.717) is 25.7 Å². The highest BCUT2D eigenvalue weighted by molar-refractivity contribution is 7.86. The van der Waals surface area contributed by atoms with Gasteiger partial charge in [-0.2, -0.15) is 17.0 Å². The monoisotopic (exact) mass is 285 g/mol. The van der Waals surface area contributed by atoms with Crippen LogP contribution in [0.2, 0.25) is 0 Å². The van der Waals surface area contributed by atoms with Gasteiger partial charge in [0.15, 0.2) is 0 Å². The molecule has 1 fully saturated rings. The van der Waals surface area contributed by atoms with Gasteiger partial charge in [0.25, 0.3) is 10.2 Å². The lowest BCUT2D eigenvalue weighted by Crippen LogP contribution is -2.51. The Labute approximate surface area is 111 Å². The topological polar surface area (TPSA) is 52.7 Å². The van der Waals surface area contributed by atoms with E-state index in [4.69, 9.17) is 0 Å². The highest BCUT2D eigenvalue weighted by Gasteiger charge is 2.30. The van der Waals surface area contributed by atoms with Gasteiger partial charge >= 0.3 is 0 Å². The molecule has 0 amide bonds. The molecular weight excluding hydrogens is 262 g/mol. The smallest absolute Gasteiger partial charge is 0.281 e. The number of nitrogens with one attached hydrogen (secondary N) is 1. The average molecular weight is 286 g/mol. The number of rotatable bonds is 5. The van der Waals surface area contributed by atoms with Crippen molar-refractivity contribution in [2.24, 2.45) is 0 Å². The predicted octanol–water partition coefficient (Wildman–Crippen LogP) is 0.679. The molecule has 0 saturated carbocycles. The molecule has 0 bridgehead atoms. The van der Waals surface area contributed by atoms with Crippen LogP contribution in [0.15, 0.2) is 0 Å². The Balaban J connectivity index is 0.00000256. The molecule has 1 unspecified atom stereocenters. The molecule has 0 aromatic carbocycles. The standard InChI is InChI=1S/C10H23N3O2S.ClH/c1-4-7-12(3)16(14,15)13-8-5-6-10(9-13)11-2;/h10-11H,4-9H2,1-3H3;1H. The third-order valence-electron chi connectivity index (χ3n) is 3.05. The van der Waals surface area contributed by atoms with E-state index in [1.165, 1.54) is 4.31 Å².